The third-order valence-electron chi connectivity index (χ3n) is 1.81. The first-order valence-corrected chi connectivity index (χ1v) is 5.26. The number of nitrogens with zero attached hydrogens (tertiary/aromatic N) is 1. The van der Waals surface area contributed by atoms with Crippen molar-refractivity contribution in [3.63, 3.8) is 0 Å². The van der Waals surface area contributed by atoms with Gasteiger partial charge in [-0.05, 0) is 23.0 Å². The number of nitrogens with one attached hydrogen (secondary N) is 1. The topological polar surface area (TPSA) is 64.4 Å². The van der Waals surface area contributed by atoms with Gasteiger partial charge in [-0.15, -0.1) is 0 Å². The first-order valence-electron chi connectivity index (χ1n) is 4.47. The Hall–Kier alpha value is -1.21. The second kappa shape index (κ2) is 5.76. The predicted octanol–water partition coefficient (Wildman–Crippen LogP) is 2.09. The Morgan fingerprint density at radius 1 is 1.62 bits per heavy atom. The van der Waals surface area contributed by atoms with Crippen molar-refractivity contribution < 1.29 is 14.1 Å². The van der Waals surface area contributed by atoms with E-state index in [1.54, 1.807) is 7.05 Å². The lowest BCUT2D eigenvalue weighted by Crippen LogP contribution is -2.16. The van der Waals surface area contributed by atoms with Crippen LogP contribution < -0.4 is 10.1 Å². The number of likely N-dealkylation sites (N-methyl/N-ethyl adjacent to an activating group) is 1. The van der Waals surface area contributed by atoms with Gasteiger partial charge in [-0.1, -0.05) is 0 Å². The zero-order valence-electron chi connectivity index (χ0n) is 8.50. The number of benzene rings is 1. The lowest BCUT2D eigenvalue weighted by Gasteiger charge is -2.07. The number of nitro benzene ring substituents is 1. The van der Waals surface area contributed by atoms with Gasteiger partial charge in [0, 0.05) is 12.6 Å². The first-order chi connectivity index (χ1) is 7.56. The molecule has 7 heteroatoms. The molecule has 1 aromatic carbocycles. The maximum absolute atomic E-state index is 13.1. The van der Waals surface area contributed by atoms with Gasteiger partial charge in [-0.2, -0.15) is 0 Å². The quantitative estimate of drug-likeness (QED) is 0.513. The summed E-state index contributed by atoms with van der Waals surface area (Å²) in [5.41, 5.74) is -0.378. The van der Waals surface area contributed by atoms with Crippen LogP contribution in [0.15, 0.2) is 16.6 Å². The largest absolute Gasteiger partial charge is 0.485 e. The van der Waals surface area contributed by atoms with Gasteiger partial charge in [0.1, 0.15) is 12.4 Å². The molecule has 0 saturated carbocycles. The van der Waals surface area contributed by atoms with Gasteiger partial charge < -0.3 is 10.1 Å². The van der Waals surface area contributed by atoms with Gasteiger partial charge in [0.25, 0.3) is 0 Å². The second-order valence-corrected chi connectivity index (χ2v) is 3.80. The Balaban J connectivity index is 2.95. The molecule has 0 aromatic heterocycles. The molecule has 0 atom stereocenters. The Kier molecular flexibility index (Phi) is 4.63. The molecule has 1 rings (SSSR count). The van der Waals surface area contributed by atoms with Crippen LogP contribution in [0.2, 0.25) is 0 Å². The molecule has 0 bridgehead atoms. The highest BCUT2D eigenvalue weighted by Crippen LogP contribution is 2.32. The van der Waals surface area contributed by atoms with Crippen LogP contribution in [0, 0.1) is 15.9 Å². The van der Waals surface area contributed by atoms with Crippen molar-refractivity contribution in [2.45, 2.75) is 0 Å². The summed E-state index contributed by atoms with van der Waals surface area (Å²) in [6.45, 7) is 0.821. The number of halogens is 2. The maximum Gasteiger partial charge on any atom is 0.313 e. The van der Waals surface area contributed by atoms with Crippen LogP contribution in [0.4, 0.5) is 10.1 Å². The van der Waals surface area contributed by atoms with Gasteiger partial charge in [0.15, 0.2) is 5.75 Å². The highest BCUT2D eigenvalue weighted by atomic mass is 79.9. The first kappa shape index (κ1) is 12.9. The maximum atomic E-state index is 13.1. The Morgan fingerprint density at radius 2 is 2.31 bits per heavy atom. The van der Waals surface area contributed by atoms with Crippen molar-refractivity contribution in [1.29, 1.82) is 0 Å². The van der Waals surface area contributed by atoms with Crippen LogP contribution in [0.25, 0.3) is 0 Å². The smallest absolute Gasteiger partial charge is 0.313 e. The zero-order valence-corrected chi connectivity index (χ0v) is 10.1. The van der Waals surface area contributed by atoms with Crippen molar-refractivity contribution >= 4 is 21.6 Å². The molecule has 0 aliphatic heterocycles. The molecular formula is C9H10BrFN2O3. The third-order valence-corrected chi connectivity index (χ3v) is 2.42. The number of ether oxygens (including phenoxy) is 1. The SMILES string of the molecule is CNCCOc1cc(Br)c(F)cc1[N+](=O)[O-]. The van der Waals surface area contributed by atoms with Gasteiger partial charge in [0.2, 0.25) is 0 Å². The van der Waals surface area contributed by atoms with E-state index in [9.17, 15) is 14.5 Å². The van der Waals surface area contributed by atoms with E-state index in [2.05, 4.69) is 21.2 Å². The van der Waals surface area contributed by atoms with E-state index in [1.165, 1.54) is 6.07 Å². The van der Waals surface area contributed by atoms with E-state index in [0.29, 0.717) is 6.54 Å². The van der Waals surface area contributed by atoms with Gasteiger partial charge >= 0.3 is 5.69 Å². The predicted molar refractivity (Wildman–Crippen MR) is 60.2 cm³/mol. The summed E-state index contributed by atoms with van der Waals surface area (Å²) in [6.07, 6.45) is 0. The van der Waals surface area contributed by atoms with Crippen LogP contribution >= 0.6 is 15.9 Å². The van der Waals surface area contributed by atoms with Crippen LogP contribution in [0.1, 0.15) is 0 Å². The fourth-order valence-corrected chi connectivity index (χ4v) is 1.36. The molecule has 88 valence electrons. The van der Waals surface area contributed by atoms with E-state index in [4.69, 9.17) is 4.74 Å². The molecule has 0 amide bonds. The second-order valence-electron chi connectivity index (χ2n) is 2.94. The molecule has 0 radical (unpaired) electrons. The third kappa shape index (κ3) is 3.14. The number of rotatable bonds is 5. The molecular weight excluding hydrogens is 283 g/mol. The van der Waals surface area contributed by atoms with Gasteiger partial charge in [-0.25, -0.2) is 4.39 Å². The standard InChI is InChI=1S/C9H10BrFN2O3/c1-12-2-3-16-9-4-6(10)7(11)5-8(9)13(14)15/h4-5,12H,2-3H2,1H3. The van der Waals surface area contributed by atoms with Crippen molar-refractivity contribution in [3.05, 3.63) is 32.5 Å². The van der Waals surface area contributed by atoms with Crippen LogP contribution in [0.5, 0.6) is 5.75 Å². The van der Waals surface area contributed by atoms with Crippen molar-refractivity contribution in [3.8, 4) is 5.75 Å². The molecule has 16 heavy (non-hydrogen) atoms. The Bertz CT molecular complexity index is 401. The van der Waals surface area contributed by atoms with E-state index in [0.717, 1.165) is 6.07 Å². The summed E-state index contributed by atoms with van der Waals surface area (Å²) < 4.78 is 18.4. The van der Waals surface area contributed by atoms with Crippen LogP contribution in [0.3, 0.4) is 0 Å². The molecule has 0 saturated heterocycles. The van der Waals surface area contributed by atoms with E-state index in [1.807, 2.05) is 0 Å². The normalized spacial score (nSPS) is 10.2. The van der Waals surface area contributed by atoms with Crippen molar-refractivity contribution in [1.82, 2.24) is 5.32 Å². The lowest BCUT2D eigenvalue weighted by atomic mass is 10.3. The lowest BCUT2D eigenvalue weighted by molar-refractivity contribution is -0.386. The summed E-state index contributed by atoms with van der Waals surface area (Å²) in [6, 6.07) is 2.09. The van der Waals surface area contributed by atoms with Crippen molar-refractivity contribution in [2.24, 2.45) is 0 Å². The van der Waals surface area contributed by atoms with E-state index >= 15 is 0 Å². The highest BCUT2D eigenvalue weighted by Gasteiger charge is 2.18. The molecule has 0 unspecified atom stereocenters. The monoisotopic (exact) mass is 292 g/mol. The van der Waals surface area contributed by atoms with Crippen molar-refractivity contribution in [2.75, 3.05) is 20.2 Å². The fraction of sp³-hybridized carbons (Fsp3) is 0.333. The summed E-state index contributed by atoms with van der Waals surface area (Å²) >= 11 is 2.95. The molecule has 5 nitrogen and oxygen atoms in total. The average Bonchev–Trinajstić information content (AvgIpc) is 2.23. The number of hydrogen-bond donors (Lipinski definition) is 1. The summed E-state index contributed by atoms with van der Waals surface area (Å²) in [4.78, 5) is 9.97. The fourth-order valence-electron chi connectivity index (χ4n) is 1.04. The molecule has 0 aliphatic carbocycles. The van der Waals surface area contributed by atoms with E-state index < -0.39 is 10.7 Å². The molecule has 0 aliphatic rings. The van der Waals surface area contributed by atoms with E-state index in [-0.39, 0.29) is 22.5 Å². The van der Waals surface area contributed by atoms with Crippen LogP contribution in [-0.4, -0.2) is 25.1 Å². The minimum Gasteiger partial charge on any atom is -0.485 e. The highest BCUT2D eigenvalue weighted by molar-refractivity contribution is 9.10. The molecule has 0 fully saturated rings. The zero-order chi connectivity index (χ0) is 12.1. The van der Waals surface area contributed by atoms with Gasteiger partial charge in [0.05, 0.1) is 15.5 Å². The summed E-state index contributed by atoms with van der Waals surface area (Å²) in [7, 11) is 1.73. The molecule has 0 spiro atoms. The molecule has 1 aromatic rings. The Morgan fingerprint density at radius 3 is 2.88 bits per heavy atom. The molecule has 1 N–H and O–H groups in total. The summed E-state index contributed by atoms with van der Waals surface area (Å²) in [5, 5.41) is 13.5. The molecule has 0 heterocycles. The minimum absolute atomic E-state index is 0.0496. The van der Waals surface area contributed by atoms with Gasteiger partial charge in [-0.3, -0.25) is 10.1 Å². The number of nitro groups is 1. The number of hydrogen-bond acceptors (Lipinski definition) is 4. The summed E-state index contributed by atoms with van der Waals surface area (Å²) in [5.74, 6) is -0.638. The average molecular weight is 293 g/mol. The Labute approximate surface area is 99.9 Å². The van der Waals surface area contributed by atoms with Crippen LogP contribution in [-0.2, 0) is 0 Å². The minimum atomic E-state index is -0.687.